The molecule has 4 rings (SSSR count). The van der Waals surface area contributed by atoms with Crippen LogP contribution in [0.2, 0.25) is 0 Å². The summed E-state index contributed by atoms with van der Waals surface area (Å²) in [5.74, 6) is -1.95. The number of ether oxygens (including phenoxy) is 2. The Bertz CT molecular complexity index is 1310. The third-order valence-electron chi connectivity index (χ3n) is 5.62. The molecule has 1 aliphatic rings. The number of hydrogen-bond acceptors (Lipinski definition) is 8. The molecule has 1 amide bonds. The Hall–Kier alpha value is -3.79. The fraction of sp³-hybridized carbons (Fsp3) is 0.320. The molecule has 182 valence electrons. The molecule has 9 nitrogen and oxygen atoms in total. The molecule has 0 aliphatic heterocycles. The molecular formula is C25H25N3O6S. The van der Waals surface area contributed by atoms with Gasteiger partial charge in [0.2, 0.25) is 6.10 Å². The predicted molar refractivity (Wildman–Crippen MR) is 130 cm³/mol. The highest BCUT2D eigenvalue weighted by Crippen LogP contribution is 2.39. The van der Waals surface area contributed by atoms with E-state index >= 15 is 0 Å². The van der Waals surface area contributed by atoms with Crippen LogP contribution in [0.1, 0.15) is 62.7 Å². The molecule has 2 aromatic heterocycles. The number of rotatable bonds is 7. The molecule has 1 aliphatic carbocycles. The number of amides is 1. The van der Waals surface area contributed by atoms with Crippen molar-refractivity contribution < 1.29 is 23.9 Å². The van der Waals surface area contributed by atoms with Crippen LogP contribution < -0.4 is 10.9 Å². The van der Waals surface area contributed by atoms with Gasteiger partial charge in [-0.3, -0.25) is 9.59 Å². The molecule has 1 N–H and O–H groups in total. The van der Waals surface area contributed by atoms with E-state index in [1.165, 1.54) is 30.5 Å². The topological polar surface area (TPSA) is 117 Å². The molecule has 0 saturated heterocycles. The van der Waals surface area contributed by atoms with Crippen molar-refractivity contribution in [1.29, 1.82) is 0 Å². The highest BCUT2D eigenvalue weighted by atomic mass is 32.1. The monoisotopic (exact) mass is 495 g/mol. The van der Waals surface area contributed by atoms with Crippen LogP contribution in [-0.4, -0.2) is 34.2 Å². The summed E-state index contributed by atoms with van der Waals surface area (Å²) in [5.41, 5.74) is 1.24. The van der Waals surface area contributed by atoms with Gasteiger partial charge in [-0.05, 0) is 44.2 Å². The Morgan fingerprint density at radius 3 is 2.54 bits per heavy atom. The molecule has 1 aromatic carbocycles. The normalized spacial score (nSPS) is 13.4. The van der Waals surface area contributed by atoms with E-state index in [-0.39, 0.29) is 17.9 Å². The van der Waals surface area contributed by atoms with Gasteiger partial charge >= 0.3 is 11.9 Å². The van der Waals surface area contributed by atoms with E-state index in [0.29, 0.717) is 16.1 Å². The number of hydrogen-bond donors (Lipinski definition) is 1. The number of fused-ring (bicyclic) bond motifs is 1. The number of aromatic nitrogens is 2. The molecule has 0 saturated carbocycles. The number of nitrogens with one attached hydrogen (secondary N) is 1. The second-order valence-electron chi connectivity index (χ2n) is 8.00. The summed E-state index contributed by atoms with van der Waals surface area (Å²) in [7, 11) is 1.41. The number of thiophene rings is 1. The van der Waals surface area contributed by atoms with Crippen molar-refractivity contribution in [1.82, 2.24) is 9.78 Å². The van der Waals surface area contributed by atoms with Crippen LogP contribution in [0.5, 0.6) is 0 Å². The number of esters is 2. The Morgan fingerprint density at radius 2 is 1.83 bits per heavy atom. The van der Waals surface area contributed by atoms with Gasteiger partial charge in [0.15, 0.2) is 5.69 Å². The first-order chi connectivity index (χ1) is 16.9. The Balaban J connectivity index is 1.65. The molecule has 3 aromatic rings. The molecule has 10 heteroatoms. The molecule has 0 fully saturated rings. The molecule has 0 radical (unpaired) electrons. The van der Waals surface area contributed by atoms with Crippen LogP contribution in [0, 0.1) is 0 Å². The predicted octanol–water partition coefficient (Wildman–Crippen LogP) is 3.43. The molecule has 1 atom stereocenters. The first-order valence-electron chi connectivity index (χ1n) is 11.3. The first kappa shape index (κ1) is 24.3. The molecule has 1 unspecified atom stereocenters. The van der Waals surface area contributed by atoms with Crippen molar-refractivity contribution in [3.63, 3.8) is 0 Å². The number of anilines is 1. The van der Waals surface area contributed by atoms with E-state index in [1.807, 2.05) is 0 Å². The fourth-order valence-electron chi connectivity index (χ4n) is 3.93. The average molecular weight is 496 g/mol. The van der Waals surface area contributed by atoms with Gasteiger partial charge < -0.3 is 14.8 Å². The smallest absolute Gasteiger partial charge is 0.359 e. The van der Waals surface area contributed by atoms with Crippen LogP contribution in [0.15, 0.2) is 47.3 Å². The maximum absolute atomic E-state index is 13.4. The third-order valence-corrected chi connectivity index (χ3v) is 6.83. The SMILES string of the molecule is CCOC(=O)c1c(NC(=O)C(OC(=O)c2ccc(=O)n(C)n2)c2ccccc2)sc2c1CCCC2. The largest absolute Gasteiger partial charge is 0.462 e. The Kier molecular flexibility index (Phi) is 7.40. The van der Waals surface area contributed by atoms with Crippen molar-refractivity contribution in [2.24, 2.45) is 7.05 Å². The van der Waals surface area contributed by atoms with Gasteiger partial charge in [0.05, 0.1) is 12.2 Å². The lowest BCUT2D eigenvalue weighted by Crippen LogP contribution is -2.28. The Labute approximate surface area is 205 Å². The lowest BCUT2D eigenvalue weighted by Gasteiger charge is -2.18. The third kappa shape index (κ3) is 5.32. The summed E-state index contributed by atoms with van der Waals surface area (Å²) in [6.07, 6.45) is 2.24. The van der Waals surface area contributed by atoms with E-state index < -0.39 is 23.9 Å². The van der Waals surface area contributed by atoms with Crippen LogP contribution in [0.3, 0.4) is 0 Å². The van der Waals surface area contributed by atoms with Crippen molar-refractivity contribution >= 4 is 34.2 Å². The van der Waals surface area contributed by atoms with E-state index in [1.54, 1.807) is 37.3 Å². The standard InChI is InChI=1S/C25H25N3O6S/c1-3-33-25(32)20-16-11-7-8-12-18(16)35-23(20)26-22(30)21(15-9-5-4-6-10-15)34-24(31)17-13-14-19(29)28(2)27-17/h4-6,9-10,13-14,21H,3,7-8,11-12H2,1-2H3,(H,26,30). The van der Waals surface area contributed by atoms with Crippen LogP contribution in [-0.2, 0) is 34.2 Å². The Morgan fingerprint density at radius 1 is 1.09 bits per heavy atom. The maximum atomic E-state index is 13.4. The summed E-state index contributed by atoms with van der Waals surface area (Å²) in [6, 6.07) is 11.0. The van der Waals surface area contributed by atoms with E-state index in [2.05, 4.69) is 10.4 Å². The van der Waals surface area contributed by atoms with Crippen LogP contribution >= 0.6 is 11.3 Å². The number of nitrogens with zero attached hydrogens (tertiary/aromatic N) is 2. The quantitative estimate of drug-likeness (QED) is 0.499. The highest BCUT2D eigenvalue weighted by molar-refractivity contribution is 7.17. The van der Waals surface area contributed by atoms with Crippen molar-refractivity contribution in [3.8, 4) is 0 Å². The van der Waals surface area contributed by atoms with E-state index in [4.69, 9.17) is 9.47 Å². The second kappa shape index (κ2) is 10.6. The second-order valence-corrected chi connectivity index (χ2v) is 9.11. The van der Waals surface area contributed by atoms with Gasteiger partial charge in [0, 0.05) is 23.6 Å². The van der Waals surface area contributed by atoms with Crippen molar-refractivity contribution in [2.45, 2.75) is 38.7 Å². The summed E-state index contributed by atoms with van der Waals surface area (Å²) in [6.45, 7) is 1.95. The van der Waals surface area contributed by atoms with E-state index in [9.17, 15) is 19.2 Å². The zero-order chi connectivity index (χ0) is 24.9. The van der Waals surface area contributed by atoms with Gasteiger partial charge in [0.25, 0.3) is 11.5 Å². The zero-order valence-corrected chi connectivity index (χ0v) is 20.2. The van der Waals surface area contributed by atoms with Crippen LogP contribution in [0.4, 0.5) is 5.00 Å². The van der Waals surface area contributed by atoms with Crippen molar-refractivity contribution in [3.05, 3.63) is 80.1 Å². The van der Waals surface area contributed by atoms with Gasteiger partial charge in [-0.1, -0.05) is 30.3 Å². The minimum absolute atomic E-state index is 0.111. The number of carbonyl (C=O) groups is 3. The van der Waals surface area contributed by atoms with Gasteiger partial charge in [-0.2, -0.15) is 5.10 Å². The molecule has 0 bridgehead atoms. The molecule has 35 heavy (non-hydrogen) atoms. The molecule has 2 heterocycles. The lowest BCUT2D eigenvalue weighted by molar-refractivity contribution is -0.125. The lowest BCUT2D eigenvalue weighted by atomic mass is 9.95. The number of carbonyl (C=O) groups excluding carboxylic acids is 3. The van der Waals surface area contributed by atoms with Gasteiger partial charge in [-0.15, -0.1) is 11.3 Å². The summed E-state index contributed by atoms with van der Waals surface area (Å²) in [4.78, 5) is 51.7. The summed E-state index contributed by atoms with van der Waals surface area (Å²) in [5, 5.41) is 7.10. The van der Waals surface area contributed by atoms with Crippen molar-refractivity contribution in [2.75, 3.05) is 11.9 Å². The highest BCUT2D eigenvalue weighted by Gasteiger charge is 2.31. The minimum atomic E-state index is -1.31. The maximum Gasteiger partial charge on any atom is 0.359 e. The first-order valence-corrected chi connectivity index (χ1v) is 12.1. The van der Waals surface area contributed by atoms with E-state index in [0.717, 1.165) is 40.8 Å². The number of aryl methyl sites for hydroxylation is 2. The number of benzene rings is 1. The van der Waals surface area contributed by atoms with Crippen LogP contribution in [0.25, 0.3) is 0 Å². The van der Waals surface area contributed by atoms with Gasteiger partial charge in [-0.25, -0.2) is 14.3 Å². The minimum Gasteiger partial charge on any atom is -0.462 e. The zero-order valence-electron chi connectivity index (χ0n) is 19.4. The molecule has 0 spiro atoms. The summed E-state index contributed by atoms with van der Waals surface area (Å²) >= 11 is 1.35. The fourth-order valence-corrected chi connectivity index (χ4v) is 5.21. The molecular weight excluding hydrogens is 470 g/mol. The van der Waals surface area contributed by atoms with Gasteiger partial charge in [0.1, 0.15) is 5.00 Å². The summed E-state index contributed by atoms with van der Waals surface area (Å²) < 4.78 is 11.8. The average Bonchev–Trinajstić information content (AvgIpc) is 3.22.